The van der Waals surface area contributed by atoms with Crippen LogP contribution in [0.3, 0.4) is 0 Å². The van der Waals surface area contributed by atoms with E-state index in [4.69, 9.17) is 0 Å². The van der Waals surface area contributed by atoms with Gasteiger partial charge in [-0.1, -0.05) is 94.4 Å². The Kier molecular flexibility index (Phi) is 6.19. The molecular formula is C32H37N2P. The van der Waals surface area contributed by atoms with Crippen LogP contribution in [0.1, 0.15) is 73.0 Å². The van der Waals surface area contributed by atoms with Gasteiger partial charge < -0.3 is 9.80 Å². The summed E-state index contributed by atoms with van der Waals surface area (Å²) >= 11 is 0. The molecule has 35 heavy (non-hydrogen) atoms. The molecule has 0 radical (unpaired) electrons. The van der Waals surface area contributed by atoms with Crippen LogP contribution in [0.15, 0.2) is 85.2 Å². The van der Waals surface area contributed by atoms with Gasteiger partial charge in [0.05, 0.1) is 11.4 Å². The molecule has 2 aliphatic heterocycles. The zero-order valence-corrected chi connectivity index (χ0v) is 22.1. The summed E-state index contributed by atoms with van der Waals surface area (Å²) in [5.41, 5.74) is 8.43. The predicted molar refractivity (Wildman–Crippen MR) is 152 cm³/mol. The van der Waals surface area contributed by atoms with E-state index in [2.05, 4.69) is 103 Å². The van der Waals surface area contributed by atoms with Crippen molar-refractivity contribution in [3.05, 3.63) is 102 Å². The van der Waals surface area contributed by atoms with Gasteiger partial charge in [0.2, 0.25) is 0 Å². The quantitative estimate of drug-likeness (QED) is 0.346. The van der Waals surface area contributed by atoms with Crippen LogP contribution in [-0.2, 0) is 0 Å². The number of aryl methyl sites for hydroxylation is 1. The molecule has 3 aromatic carbocycles. The van der Waals surface area contributed by atoms with E-state index in [0.29, 0.717) is 17.4 Å². The number of fused-ring (bicyclic) bond motifs is 1. The van der Waals surface area contributed by atoms with Crippen LogP contribution in [0, 0.1) is 6.92 Å². The lowest BCUT2D eigenvalue weighted by Crippen LogP contribution is -2.36. The van der Waals surface area contributed by atoms with Gasteiger partial charge in [-0.25, -0.2) is 0 Å². The zero-order chi connectivity index (χ0) is 23.9. The van der Waals surface area contributed by atoms with Gasteiger partial charge in [0.25, 0.3) is 0 Å². The van der Waals surface area contributed by atoms with Gasteiger partial charge >= 0.3 is 0 Å². The van der Waals surface area contributed by atoms with Gasteiger partial charge in [-0.3, -0.25) is 0 Å². The van der Waals surface area contributed by atoms with Crippen molar-refractivity contribution in [3.8, 4) is 0 Å². The summed E-state index contributed by atoms with van der Waals surface area (Å²) in [5, 5.41) is 1.58. The Morgan fingerprint density at radius 3 is 1.91 bits per heavy atom. The molecule has 0 aromatic heterocycles. The summed E-state index contributed by atoms with van der Waals surface area (Å²) in [7, 11) is 1.82. The van der Waals surface area contributed by atoms with E-state index in [1.807, 2.05) is 0 Å². The summed E-state index contributed by atoms with van der Waals surface area (Å²) in [4.78, 5) is 5.02. The third kappa shape index (κ3) is 4.01. The van der Waals surface area contributed by atoms with Crippen LogP contribution in [0.2, 0.25) is 0 Å². The van der Waals surface area contributed by atoms with Gasteiger partial charge in [0.15, 0.2) is 0 Å². The van der Waals surface area contributed by atoms with Crippen molar-refractivity contribution in [3.63, 3.8) is 0 Å². The van der Waals surface area contributed by atoms with Gasteiger partial charge in [-0.05, 0) is 61.4 Å². The maximum atomic E-state index is 4.62. The maximum absolute atomic E-state index is 4.62. The molecule has 0 N–H and O–H groups in total. The first-order valence-electron chi connectivity index (χ1n) is 13.4. The third-order valence-electron chi connectivity index (χ3n) is 8.45. The average Bonchev–Trinajstić information content (AvgIpc) is 3.44. The van der Waals surface area contributed by atoms with E-state index < -0.39 is 7.92 Å². The van der Waals surface area contributed by atoms with Crippen molar-refractivity contribution in [2.24, 2.45) is 0 Å². The number of anilines is 2. The molecule has 2 fully saturated rings. The summed E-state index contributed by atoms with van der Waals surface area (Å²) in [5.74, 6) is 1.17. The van der Waals surface area contributed by atoms with E-state index in [-0.39, 0.29) is 0 Å². The molecule has 180 valence electrons. The molecule has 1 aliphatic carbocycles. The summed E-state index contributed by atoms with van der Waals surface area (Å²) in [6, 6.07) is 28.2. The van der Waals surface area contributed by atoms with Gasteiger partial charge in [-0.2, -0.15) is 0 Å². The second-order valence-corrected chi connectivity index (χ2v) is 13.2. The highest BCUT2D eigenvalue weighted by molar-refractivity contribution is 7.67. The fraction of sp³-hybridized carbons (Fsp3) is 0.375. The highest BCUT2D eigenvalue weighted by Crippen LogP contribution is 2.71. The molecule has 3 heteroatoms. The van der Waals surface area contributed by atoms with Crippen LogP contribution in [0.4, 0.5) is 11.4 Å². The molecular weight excluding hydrogens is 443 g/mol. The molecule has 0 bridgehead atoms. The molecule has 0 unspecified atom stereocenters. The normalized spacial score (nSPS) is 23.2. The lowest BCUT2D eigenvalue weighted by atomic mass is 9.94. The molecule has 3 aliphatic rings. The number of hydrogen-bond donors (Lipinski definition) is 0. The SMILES string of the molecule is C=C1N(C)c2c(cc(C)cc2P2[C@H](c3ccccc3)CC[C@H]2c2ccccc2)N1C1CCCCC1. The highest BCUT2D eigenvalue weighted by Gasteiger charge is 2.43. The molecule has 1 saturated carbocycles. The first-order valence-corrected chi connectivity index (χ1v) is 14.9. The van der Waals surface area contributed by atoms with Gasteiger partial charge in [-0.15, -0.1) is 0 Å². The van der Waals surface area contributed by atoms with Crippen molar-refractivity contribution in [2.45, 2.75) is 69.2 Å². The third-order valence-corrected chi connectivity index (χ3v) is 11.8. The highest BCUT2D eigenvalue weighted by atomic mass is 31.1. The molecule has 2 nitrogen and oxygen atoms in total. The van der Waals surface area contributed by atoms with Crippen LogP contribution >= 0.6 is 7.92 Å². The van der Waals surface area contributed by atoms with E-state index in [1.165, 1.54) is 78.8 Å². The van der Waals surface area contributed by atoms with E-state index >= 15 is 0 Å². The Morgan fingerprint density at radius 2 is 1.34 bits per heavy atom. The van der Waals surface area contributed by atoms with Crippen molar-refractivity contribution in [2.75, 3.05) is 16.8 Å². The Morgan fingerprint density at radius 1 is 0.771 bits per heavy atom. The van der Waals surface area contributed by atoms with Crippen molar-refractivity contribution < 1.29 is 0 Å². The Hall–Kier alpha value is -2.57. The number of nitrogens with zero attached hydrogens (tertiary/aromatic N) is 2. The predicted octanol–water partition coefficient (Wildman–Crippen LogP) is 8.44. The van der Waals surface area contributed by atoms with Gasteiger partial charge in [0, 0.05) is 29.7 Å². The van der Waals surface area contributed by atoms with Crippen LogP contribution in [0.25, 0.3) is 0 Å². The first kappa shape index (κ1) is 22.9. The molecule has 1 saturated heterocycles. The summed E-state index contributed by atoms with van der Waals surface area (Å²) < 4.78 is 0. The second-order valence-electron chi connectivity index (χ2n) is 10.6. The monoisotopic (exact) mass is 480 g/mol. The molecule has 6 rings (SSSR count). The number of rotatable bonds is 4. The average molecular weight is 481 g/mol. The molecule has 2 atom stereocenters. The smallest absolute Gasteiger partial charge is 0.106 e. The van der Waals surface area contributed by atoms with Crippen LogP contribution in [0.5, 0.6) is 0 Å². The lowest BCUT2D eigenvalue weighted by Gasteiger charge is -2.34. The Bertz CT molecular complexity index is 1150. The van der Waals surface area contributed by atoms with Gasteiger partial charge in [0.1, 0.15) is 5.82 Å². The van der Waals surface area contributed by atoms with Crippen LogP contribution < -0.4 is 15.1 Å². The van der Waals surface area contributed by atoms with E-state index in [1.54, 1.807) is 5.30 Å². The van der Waals surface area contributed by atoms with E-state index in [9.17, 15) is 0 Å². The number of hydrogen-bond acceptors (Lipinski definition) is 2. The van der Waals surface area contributed by atoms with Crippen molar-refractivity contribution in [1.29, 1.82) is 0 Å². The second kappa shape index (κ2) is 9.47. The summed E-state index contributed by atoms with van der Waals surface area (Å²) in [6.07, 6.45) is 9.13. The molecule has 2 heterocycles. The largest absolute Gasteiger partial charge is 0.329 e. The first-order chi connectivity index (χ1) is 17.1. The minimum atomic E-state index is -0.430. The zero-order valence-electron chi connectivity index (χ0n) is 21.2. The Labute approximate surface area is 212 Å². The van der Waals surface area contributed by atoms with Crippen molar-refractivity contribution in [1.82, 2.24) is 0 Å². The molecule has 0 spiro atoms. The summed E-state index contributed by atoms with van der Waals surface area (Å²) in [6.45, 7) is 6.91. The van der Waals surface area contributed by atoms with E-state index in [0.717, 1.165) is 0 Å². The standard InChI is InChI=1S/C32H37N2P/c1-23-21-28-32(33(3)24(2)34(28)27-17-11-6-12-18-27)31(22-23)35-29(25-13-7-4-8-14-25)19-20-30(35)26-15-9-5-10-16-26/h4-5,7-10,13-16,21-22,27,29-30H,2,6,11-12,17-20H2,1,3H3/t29-,30-/m0/s1. The van der Waals surface area contributed by atoms with Crippen molar-refractivity contribution >= 4 is 24.6 Å². The topological polar surface area (TPSA) is 6.48 Å². The fourth-order valence-electron chi connectivity index (χ4n) is 6.79. The maximum Gasteiger partial charge on any atom is 0.106 e. The molecule has 3 aromatic rings. The van der Waals surface area contributed by atoms with Crippen LogP contribution in [-0.4, -0.2) is 13.1 Å². The number of benzene rings is 3. The minimum Gasteiger partial charge on any atom is -0.329 e. The minimum absolute atomic E-state index is 0.430. The lowest BCUT2D eigenvalue weighted by molar-refractivity contribution is 0.430. The molecule has 0 amide bonds. The fourth-order valence-corrected chi connectivity index (χ4v) is 10.6. The Balaban J connectivity index is 1.51.